The van der Waals surface area contributed by atoms with Crippen LogP contribution in [0.1, 0.15) is 34.8 Å². The third-order valence-electron chi connectivity index (χ3n) is 4.33. The Morgan fingerprint density at radius 2 is 1.47 bits per heavy atom. The molecule has 5 heteroatoms. The van der Waals surface area contributed by atoms with Crippen molar-refractivity contribution in [3.8, 4) is 0 Å². The fraction of sp³-hybridized carbons (Fsp3) is 0.0800. The van der Waals surface area contributed by atoms with Crippen molar-refractivity contribution in [3.05, 3.63) is 108 Å². The van der Waals surface area contributed by atoms with Crippen LogP contribution in [0, 0.1) is 0 Å². The largest absolute Gasteiger partial charge is 0.326 e. The quantitative estimate of drug-likeness (QED) is 0.440. The SMILES string of the molecule is CCC(=O)Nc1ccc(C(=O)NN=C(/C=C\c2ccccc2)c2ccccc2)cc1. The minimum atomic E-state index is -0.329. The molecular weight excluding hydrogens is 374 g/mol. The number of carbonyl (C=O) groups is 2. The lowest BCUT2D eigenvalue weighted by atomic mass is 10.1. The van der Waals surface area contributed by atoms with E-state index in [0.29, 0.717) is 23.4 Å². The monoisotopic (exact) mass is 397 g/mol. The maximum absolute atomic E-state index is 12.5. The standard InChI is InChI=1S/C25H23N3O2/c1-2-24(29)26-22-16-14-21(15-17-22)25(30)28-27-23(20-11-7-4-8-12-20)18-13-19-9-5-3-6-10-19/h3-18H,2H2,1H3,(H,26,29)(H,28,30)/b18-13-,27-23?. The van der Waals surface area contributed by atoms with E-state index in [1.54, 1.807) is 31.2 Å². The Hall–Kier alpha value is -3.99. The highest BCUT2D eigenvalue weighted by molar-refractivity contribution is 6.11. The van der Waals surface area contributed by atoms with Gasteiger partial charge in [-0.05, 0) is 35.9 Å². The van der Waals surface area contributed by atoms with Gasteiger partial charge in [0.05, 0.1) is 5.71 Å². The number of rotatable bonds is 7. The van der Waals surface area contributed by atoms with Crippen molar-refractivity contribution in [2.75, 3.05) is 5.32 Å². The Kier molecular flexibility index (Phi) is 7.28. The second kappa shape index (κ2) is 10.5. The number of benzene rings is 3. The molecule has 30 heavy (non-hydrogen) atoms. The molecular formula is C25H23N3O2. The summed E-state index contributed by atoms with van der Waals surface area (Å²) in [5.41, 5.74) is 6.29. The maximum atomic E-state index is 12.5. The topological polar surface area (TPSA) is 70.6 Å². The molecule has 0 spiro atoms. The lowest BCUT2D eigenvalue weighted by Crippen LogP contribution is -2.19. The van der Waals surface area contributed by atoms with Crippen LogP contribution in [-0.4, -0.2) is 17.5 Å². The molecule has 0 unspecified atom stereocenters. The van der Waals surface area contributed by atoms with Crippen molar-refractivity contribution >= 4 is 29.3 Å². The summed E-state index contributed by atoms with van der Waals surface area (Å²) in [4.78, 5) is 24.0. The number of anilines is 1. The Morgan fingerprint density at radius 1 is 0.833 bits per heavy atom. The normalized spacial score (nSPS) is 11.3. The summed E-state index contributed by atoms with van der Waals surface area (Å²) < 4.78 is 0. The first-order valence-corrected chi connectivity index (χ1v) is 9.72. The molecule has 5 nitrogen and oxygen atoms in total. The smallest absolute Gasteiger partial charge is 0.271 e. The lowest BCUT2D eigenvalue weighted by Gasteiger charge is -2.06. The van der Waals surface area contributed by atoms with Crippen molar-refractivity contribution in [2.45, 2.75) is 13.3 Å². The van der Waals surface area contributed by atoms with Gasteiger partial charge in [-0.1, -0.05) is 73.7 Å². The van der Waals surface area contributed by atoms with Crippen molar-refractivity contribution in [1.82, 2.24) is 5.43 Å². The molecule has 0 radical (unpaired) electrons. The number of nitrogens with zero attached hydrogens (tertiary/aromatic N) is 1. The number of amides is 2. The Balaban J connectivity index is 1.75. The van der Waals surface area contributed by atoms with Crippen molar-refractivity contribution in [1.29, 1.82) is 0 Å². The number of hydrogen-bond donors (Lipinski definition) is 2. The summed E-state index contributed by atoms with van der Waals surface area (Å²) in [6.07, 6.45) is 4.22. The predicted molar refractivity (Wildman–Crippen MR) is 121 cm³/mol. The van der Waals surface area contributed by atoms with E-state index >= 15 is 0 Å². The molecule has 0 saturated heterocycles. The number of hydrazone groups is 1. The van der Waals surface area contributed by atoms with Gasteiger partial charge in [0, 0.05) is 23.2 Å². The van der Waals surface area contributed by atoms with Crippen LogP contribution in [-0.2, 0) is 4.79 Å². The van der Waals surface area contributed by atoms with Crippen LogP contribution in [0.4, 0.5) is 5.69 Å². The molecule has 3 aromatic rings. The zero-order chi connectivity index (χ0) is 21.2. The van der Waals surface area contributed by atoms with Gasteiger partial charge in [-0.15, -0.1) is 0 Å². The molecule has 3 rings (SSSR count). The van der Waals surface area contributed by atoms with E-state index in [1.165, 1.54) is 0 Å². The Morgan fingerprint density at radius 3 is 2.10 bits per heavy atom. The summed E-state index contributed by atoms with van der Waals surface area (Å²) in [5.74, 6) is -0.403. The molecule has 0 atom stereocenters. The van der Waals surface area contributed by atoms with Crippen LogP contribution in [0.2, 0.25) is 0 Å². The highest BCUT2D eigenvalue weighted by Gasteiger charge is 2.07. The minimum absolute atomic E-state index is 0.0745. The Bertz CT molecular complexity index is 1040. The first-order valence-electron chi connectivity index (χ1n) is 9.72. The van der Waals surface area contributed by atoms with Gasteiger partial charge < -0.3 is 5.32 Å². The minimum Gasteiger partial charge on any atom is -0.326 e. The van der Waals surface area contributed by atoms with Crippen LogP contribution >= 0.6 is 0 Å². The maximum Gasteiger partial charge on any atom is 0.271 e. The van der Waals surface area contributed by atoms with Crippen molar-refractivity contribution < 1.29 is 9.59 Å². The van der Waals surface area contributed by atoms with Crippen LogP contribution < -0.4 is 10.7 Å². The van der Waals surface area contributed by atoms with Gasteiger partial charge >= 0.3 is 0 Å². The van der Waals surface area contributed by atoms with E-state index < -0.39 is 0 Å². The highest BCUT2D eigenvalue weighted by atomic mass is 16.2. The lowest BCUT2D eigenvalue weighted by molar-refractivity contribution is -0.115. The molecule has 0 saturated carbocycles. The zero-order valence-corrected chi connectivity index (χ0v) is 16.7. The number of carbonyl (C=O) groups excluding carboxylic acids is 2. The summed E-state index contributed by atoms with van der Waals surface area (Å²) >= 11 is 0. The Labute approximate surface area is 176 Å². The number of hydrogen-bond acceptors (Lipinski definition) is 3. The zero-order valence-electron chi connectivity index (χ0n) is 16.7. The van der Waals surface area contributed by atoms with E-state index in [1.807, 2.05) is 72.8 Å². The van der Waals surface area contributed by atoms with Gasteiger partial charge in [0.2, 0.25) is 5.91 Å². The number of allylic oxidation sites excluding steroid dienone is 1. The van der Waals surface area contributed by atoms with Crippen LogP contribution in [0.5, 0.6) is 0 Å². The summed E-state index contributed by atoms with van der Waals surface area (Å²) in [7, 11) is 0. The average molecular weight is 397 g/mol. The molecule has 2 amide bonds. The highest BCUT2D eigenvalue weighted by Crippen LogP contribution is 2.11. The second-order valence-electron chi connectivity index (χ2n) is 6.53. The summed E-state index contributed by atoms with van der Waals surface area (Å²) in [6, 6.07) is 26.2. The van der Waals surface area contributed by atoms with E-state index in [2.05, 4.69) is 15.8 Å². The second-order valence-corrected chi connectivity index (χ2v) is 6.53. The molecule has 0 aliphatic heterocycles. The van der Waals surface area contributed by atoms with Crippen LogP contribution in [0.25, 0.3) is 6.08 Å². The molecule has 0 heterocycles. The van der Waals surface area contributed by atoms with Gasteiger partial charge in [-0.3, -0.25) is 9.59 Å². The van der Waals surface area contributed by atoms with Crippen LogP contribution in [0.15, 0.2) is 96.1 Å². The molecule has 3 aromatic carbocycles. The van der Waals surface area contributed by atoms with Gasteiger partial charge in [-0.25, -0.2) is 5.43 Å². The number of nitrogens with one attached hydrogen (secondary N) is 2. The van der Waals surface area contributed by atoms with Gasteiger partial charge in [0.25, 0.3) is 5.91 Å². The molecule has 0 aromatic heterocycles. The van der Waals surface area contributed by atoms with E-state index in [4.69, 9.17) is 0 Å². The van der Waals surface area contributed by atoms with Gasteiger partial charge in [0.1, 0.15) is 0 Å². The van der Waals surface area contributed by atoms with E-state index in [-0.39, 0.29) is 11.8 Å². The molecule has 2 N–H and O–H groups in total. The van der Waals surface area contributed by atoms with E-state index in [9.17, 15) is 9.59 Å². The van der Waals surface area contributed by atoms with Crippen LogP contribution in [0.3, 0.4) is 0 Å². The molecule has 0 aliphatic rings. The predicted octanol–water partition coefficient (Wildman–Crippen LogP) is 4.88. The third-order valence-corrected chi connectivity index (χ3v) is 4.33. The summed E-state index contributed by atoms with van der Waals surface area (Å²) in [6.45, 7) is 1.78. The van der Waals surface area contributed by atoms with Gasteiger partial charge in [-0.2, -0.15) is 5.10 Å². The van der Waals surface area contributed by atoms with Crippen molar-refractivity contribution in [2.24, 2.45) is 5.10 Å². The molecule has 0 fully saturated rings. The first kappa shape index (κ1) is 20.7. The van der Waals surface area contributed by atoms with Gasteiger partial charge in [0.15, 0.2) is 0 Å². The first-order chi connectivity index (χ1) is 14.7. The molecule has 150 valence electrons. The third kappa shape index (κ3) is 6.01. The van der Waals surface area contributed by atoms with Crippen molar-refractivity contribution in [3.63, 3.8) is 0 Å². The fourth-order valence-electron chi connectivity index (χ4n) is 2.68. The fourth-order valence-corrected chi connectivity index (χ4v) is 2.68. The summed E-state index contributed by atoms with van der Waals surface area (Å²) in [5, 5.41) is 7.08. The average Bonchev–Trinajstić information content (AvgIpc) is 2.80. The molecule has 0 aliphatic carbocycles. The van der Waals surface area contributed by atoms with E-state index in [0.717, 1.165) is 11.1 Å². The molecule has 0 bridgehead atoms.